The molecule has 0 fully saturated rings. The van der Waals surface area contributed by atoms with Crippen LogP contribution in [0.3, 0.4) is 0 Å². The lowest BCUT2D eigenvalue weighted by atomic mass is 9.93. The van der Waals surface area contributed by atoms with Gasteiger partial charge in [0.25, 0.3) is 0 Å². The summed E-state index contributed by atoms with van der Waals surface area (Å²) in [6, 6.07) is 21.6. The molecule has 0 amide bonds. The highest BCUT2D eigenvalue weighted by molar-refractivity contribution is 6.00. The van der Waals surface area contributed by atoms with Crippen molar-refractivity contribution < 1.29 is 0 Å². The number of nitrogens with two attached hydrogens (primary N) is 3. The molecule has 0 unspecified atom stereocenters. The van der Waals surface area contributed by atoms with Crippen molar-refractivity contribution in [3.8, 4) is 22.3 Å². The van der Waals surface area contributed by atoms with Crippen molar-refractivity contribution in [2.75, 3.05) is 16.9 Å². The topological polar surface area (TPSA) is 90.1 Å². The summed E-state index contributed by atoms with van der Waals surface area (Å²) in [5.41, 5.74) is 20.9. The summed E-state index contributed by atoms with van der Waals surface area (Å²) >= 11 is 0. The number of benzene rings is 3. The summed E-state index contributed by atoms with van der Waals surface area (Å²) < 4.78 is 0. The van der Waals surface area contributed by atoms with Gasteiger partial charge in [-0.1, -0.05) is 60.7 Å². The van der Waals surface area contributed by atoms with E-state index in [9.17, 15) is 0 Å². The Kier molecular flexibility index (Phi) is 3.68. The van der Waals surface area contributed by atoms with E-state index < -0.39 is 0 Å². The molecule has 0 aliphatic carbocycles. The zero-order chi connectivity index (χ0) is 15.5. The summed E-state index contributed by atoms with van der Waals surface area (Å²) in [6.07, 6.45) is 0. The molecule has 0 aromatic heterocycles. The van der Waals surface area contributed by atoms with Gasteiger partial charge >= 0.3 is 0 Å². The van der Waals surface area contributed by atoms with Crippen LogP contribution in [0.4, 0.5) is 17.1 Å². The summed E-state index contributed by atoms with van der Waals surface area (Å²) in [4.78, 5) is 0. The zero-order valence-electron chi connectivity index (χ0n) is 12.1. The van der Waals surface area contributed by atoms with Crippen molar-refractivity contribution in [3.05, 3.63) is 66.7 Å². The smallest absolute Gasteiger partial charge is 0.0816 e. The van der Waals surface area contributed by atoms with Crippen LogP contribution in [0.15, 0.2) is 66.7 Å². The van der Waals surface area contributed by atoms with Crippen LogP contribution in [0.2, 0.25) is 0 Å². The summed E-state index contributed by atoms with van der Waals surface area (Å²) in [6.45, 7) is 0. The first kappa shape index (κ1) is 14.0. The lowest BCUT2D eigenvalue weighted by molar-refractivity contribution is 1.35. The zero-order valence-corrected chi connectivity index (χ0v) is 12.1. The van der Waals surface area contributed by atoms with Crippen LogP contribution in [0, 0.1) is 0 Å². The van der Waals surface area contributed by atoms with Crippen molar-refractivity contribution in [2.45, 2.75) is 0 Å². The maximum atomic E-state index is 6.44. The highest BCUT2D eigenvalue weighted by atomic mass is 15.2. The monoisotopic (exact) mass is 290 g/mol. The number of hydrogen-bond donors (Lipinski definition) is 4. The van der Waals surface area contributed by atoms with Crippen molar-refractivity contribution >= 4 is 17.1 Å². The second-order valence-corrected chi connectivity index (χ2v) is 5.05. The van der Waals surface area contributed by atoms with Gasteiger partial charge in [-0.25, -0.2) is 0 Å². The average Bonchev–Trinajstić information content (AvgIpc) is 2.57. The van der Waals surface area contributed by atoms with Crippen LogP contribution >= 0.6 is 0 Å². The minimum absolute atomic E-state index is 0.564. The Balaban J connectivity index is 2.30. The quantitative estimate of drug-likeness (QED) is 0.338. The minimum Gasteiger partial charge on any atom is -0.398 e. The normalized spacial score (nSPS) is 10.4. The molecule has 3 aromatic carbocycles. The molecule has 0 saturated carbocycles. The van der Waals surface area contributed by atoms with E-state index in [1.54, 1.807) is 0 Å². The van der Waals surface area contributed by atoms with Gasteiger partial charge < -0.3 is 16.9 Å². The molecule has 7 N–H and O–H groups in total. The van der Waals surface area contributed by atoms with Gasteiger partial charge in [-0.3, -0.25) is 5.84 Å². The van der Waals surface area contributed by atoms with Crippen molar-refractivity contribution in [2.24, 2.45) is 5.84 Å². The molecule has 0 heterocycles. The van der Waals surface area contributed by atoms with Gasteiger partial charge in [0.2, 0.25) is 0 Å². The number of rotatable bonds is 3. The maximum absolute atomic E-state index is 6.44. The van der Waals surface area contributed by atoms with Crippen LogP contribution in [0.5, 0.6) is 0 Å². The SMILES string of the molecule is NNc1c(N)cc(-c2ccccc2)c(N)c1-c1ccccc1. The first-order valence-corrected chi connectivity index (χ1v) is 7.01. The number of hydrazine groups is 1. The minimum atomic E-state index is 0.564. The van der Waals surface area contributed by atoms with Crippen molar-refractivity contribution in [1.82, 2.24) is 0 Å². The Hall–Kier alpha value is -2.98. The molecule has 3 aromatic rings. The van der Waals surface area contributed by atoms with E-state index in [0.29, 0.717) is 17.1 Å². The van der Waals surface area contributed by atoms with Gasteiger partial charge in [-0.15, -0.1) is 0 Å². The molecular weight excluding hydrogens is 272 g/mol. The van der Waals surface area contributed by atoms with Gasteiger partial charge in [0, 0.05) is 16.8 Å². The third kappa shape index (κ3) is 2.36. The van der Waals surface area contributed by atoms with Gasteiger partial charge in [0.15, 0.2) is 0 Å². The van der Waals surface area contributed by atoms with E-state index in [2.05, 4.69) is 5.43 Å². The molecule has 0 bridgehead atoms. The fourth-order valence-corrected chi connectivity index (χ4v) is 2.64. The van der Waals surface area contributed by atoms with Gasteiger partial charge in [0.05, 0.1) is 11.4 Å². The van der Waals surface area contributed by atoms with Crippen LogP contribution in [-0.2, 0) is 0 Å². The summed E-state index contributed by atoms with van der Waals surface area (Å²) in [5.74, 6) is 5.66. The molecule has 0 aliphatic rings. The Morgan fingerprint density at radius 1 is 0.727 bits per heavy atom. The van der Waals surface area contributed by atoms with E-state index in [0.717, 1.165) is 22.3 Å². The Morgan fingerprint density at radius 3 is 1.82 bits per heavy atom. The molecule has 0 saturated heterocycles. The molecule has 3 rings (SSSR count). The lowest BCUT2D eigenvalue weighted by Crippen LogP contribution is -2.12. The third-order valence-corrected chi connectivity index (χ3v) is 3.69. The largest absolute Gasteiger partial charge is 0.398 e. The van der Waals surface area contributed by atoms with E-state index in [1.165, 1.54) is 0 Å². The Bertz CT molecular complexity index is 783. The number of hydrogen-bond acceptors (Lipinski definition) is 4. The summed E-state index contributed by atoms with van der Waals surface area (Å²) in [5, 5.41) is 0. The highest BCUT2D eigenvalue weighted by Gasteiger charge is 2.16. The Labute approximate surface area is 129 Å². The third-order valence-electron chi connectivity index (χ3n) is 3.69. The van der Waals surface area contributed by atoms with E-state index in [4.69, 9.17) is 17.3 Å². The van der Waals surface area contributed by atoms with Crippen LogP contribution in [0.25, 0.3) is 22.3 Å². The van der Waals surface area contributed by atoms with E-state index >= 15 is 0 Å². The fourth-order valence-electron chi connectivity index (χ4n) is 2.64. The molecule has 110 valence electrons. The number of anilines is 3. The van der Waals surface area contributed by atoms with Crippen molar-refractivity contribution in [3.63, 3.8) is 0 Å². The molecule has 4 heteroatoms. The maximum Gasteiger partial charge on any atom is 0.0816 e. The molecular formula is C18H18N4. The van der Waals surface area contributed by atoms with Gasteiger partial charge in [0.1, 0.15) is 0 Å². The van der Waals surface area contributed by atoms with Gasteiger partial charge in [-0.2, -0.15) is 0 Å². The predicted octanol–water partition coefficient (Wildman–Crippen LogP) is 3.47. The van der Waals surface area contributed by atoms with Crippen LogP contribution in [0.1, 0.15) is 0 Å². The molecule has 0 atom stereocenters. The first-order chi connectivity index (χ1) is 10.7. The van der Waals surface area contributed by atoms with Gasteiger partial charge in [-0.05, 0) is 17.2 Å². The number of nitrogens with one attached hydrogen (secondary N) is 1. The van der Waals surface area contributed by atoms with E-state index in [-0.39, 0.29) is 0 Å². The molecule has 4 nitrogen and oxygen atoms in total. The Morgan fingerprint density at radius 2 is 1.27 bits per heavy atom. The summed E-state index contributed by atoms with van der Waals surface area (Å²) in [7, 11) is 0. The van der Waals surface area contributed by atoms with Crippen molar-refractivity contribution in [1.29, 1.82) is 0 Å². The second kappa shape index (κ2) is 5.79. The average molecular weight is 290 g/mol. The van der Waals surface area contributed by atoms with Crippen LogP contribution in [-0.4, -0.2) is 0 Å². The fraction of sp³-hybridized carbons (Fsp3) is 0. The lowest BCUT2D eigenvalue weighted by Gasteiger charge is -2.18. The predicted molar refractivity (Wildman–Crippen MR) is 93.9 cm³/mol. The van der Waals surface area contributed by atoms with Crippen LogP contribution < -0.4 is 22.7 Å². The second-order valence-electron chi connectivity index (χ2n) is 5.05. The molecule has 0 spiro atoms. The molecule has 22 heavy (non-hydrogen) atoms. The molecule has 0 radical (unpaired) electrons. The number of nitrogen functional groups attached to an aromatic ring is 3. The molecule has 0 aliphatic heterocycles. The highest BCUT2D eigenvalue weighted by Crippen LogP contribution is 2.43. The van der Waals surface area contributed by atoms with E-state index in [1.807, 2.05) is 66.7 Å². The first-order valence-electron chi connectivity index (χ1n) is 7.01. The standard InChI is InChI=1S/C18H18N4/c19-15-11-14(12-7-3-1-4-8-12)17(20)16(18(15)22-21)13-9-5-2-6-10-13/h1-11,22H,19-21H2.